The van der Waals surface area contributed by atoms with Gasteiger partial charge in [-0.15, -0.1) is 0 Å². The zero-order valence-corrected chi connectivity index (χ0v) is 10.7. The molecule has 1 unspecified atom stereocenters. The van der Waals surface area contributed by atoms with E-state index in [9.17, 15) is 17.6 Å². The molecule has 0 aliphatic rings. The third-order valence-corrected chi connectivity index (χ3v) is 2.50. The molecule has 7 heteroatoms. The summed E-state index contributed by atoms with van der Waals surface area (Å²) < 4.78 is 54.0. The second kappa shape index (κ2) is 6.70. The minimum Gasteiger partial charge on any atom is -0.471 e. The number of hydrogen-bond donors (Lipinski definition) is 1. The maximum Gasteiger partial charge on any atom is 0.340 e. The molecule has 0 aliphatic carbocycles. The Morgan fingerprint density at radius 3 is 2.68 bits per heavy atom. The molecule has 1 aromatic heterocycles. The van der Waals surface area contributed by atoms with Gasteiger partial charge in [0.25, 0.3) is 0 Å². The minimum absolute atomic E-state index is 0.00837. The number of ether oxygens (including phenoxy) is 1. The van der Waals surface area contributed by atoms with Crippen LogP contribution in [-0.4, -0.2) is 30.5 Å². The number of rotatable bonds is 7. The maximum atomic E-state index is 12.7. The lowest BCUT2D eigenvalue weighted by molar-refractivity contribution is -0.148. The number of aromatic nitrogens is 1. The number of pyridine rings is 1. The zero-order valence-electron chi connectivity index (χ0n) is 10.7. The molecule has 1 N–H and O–H groups in total. The summed E-state index contributed by atoms with van der Waals surface area (Å²) in [6.07, 6.45) is -2.37. The van der Waals surface area contributed by atoms with Gasteiger partial charge in [0.2, 0.25) is 5.88 Å². The van der Waals surface area contributed by atoms with Gasteiger partial charge >= 0.3 is 12.3 Å². The molecule has 1 atom stereocenters. The number of nitrogens with zero attached hydrogens (tertiary/aromatic N) is 1. The van der Waals surface area contributed by atoms with Crippen LogP contribution < -0.4 is 10.1 Å². The molecule has 19 heavy (non-hydrogen) atoms. The van der Waals surface area contributed by atoms with Gasteiger partial charge in [0.15, 0.2) is 6.61 Å². The van der Waals surface area contributed by atoms with E-state index in [1.807, 2.05) is 13.8 Å². The average molecular weight is 280 g/mol. The Labute approximate surface area is 109 Å². The standard InChI is InChI=1S/C12H16F4N2O/c1-3-17-8(2)9-4-5-18-10(6-9)19-7-12(15,16)11(13)14/h4-6,8,11,17H,3,7H2,1-2H3. The van der Waals surface area contributed by atoms with Crippen LogP contribution in [0.5, 0.6) is 5.88 Å². The Kier molecular flexibility index (Phi) is 5.53. The van der Waals surface area contributed by atoms with E-state index >= 15 is 0 Å². The van der Waals surface area contributed by atoms with Crippen molar-refractivity contribution in [1.29, 1.82) is 0 Å². The van der Waals surface area contributed by atoms with Crippen LogP contribution in [0.4, 0.5) is 17.6 Å². The van der Waals surface area contributed by atoms with Gasteiger partial charge in [0.05, 0.1) is 0 Å². The lowest BCUT2D eigenvalue weighted by Crippen LogP contribution is -2.33. The van der Waals surface area contributed by atoms with Crippen molar-refractivity contribution < 1.29 is 22.3 Å². The number of alkyl halides is 4. The first kappa shape index (κ1) is 15.7. The summed E-state index contributed by atoms with van der Waals surface area (Å²) in [6, 6.07) is 3.14. The summed E-state index contributed by atoms with van der Waals surface area (Å²) in [5, 5.41) is 3.13. The fourth-order valence-electron chi connectivity index (χ4n) is 1.43. The van der Waals surface area contributed by atoms with E-state index < -0.39 is 19.0 Å². The van der Waals surface area contributed by atoms with Gasteiger partial charge in [0, 0.05) is 18.3 Å². The first-order valence-electron chi connectivity index (χ1n) is 5.85. The van der Waals surface area contributed by atoms with E-state index in [1.165, 1.54) is 12.3 Å². The van der Waals surface area contributed by atoms with E-state index in [2.05, 4.69) is 15.0 Å². The van der Waals surface area contributed by atoms with Crippen LogP contribution in [0.2, 0.25) is 0 Å². The molecule has 3 nitrogen and oxygen atoms in total. The number of halogens is 4. The summed E-state index contributed by atoms with van der Waals surface area (Å²) in [7, 11) is 0. The highest BCUT2D eigenvalue weighted by Gasteiger charge is 2.41. The Morgan fingerprint density at radius 2 is 2.11 bits per heavy atom. The Hall–Kier alpha value is -1.37. The van der Waals surface area contributed by atoms with Crippen molar-refractivity contribution in [2.45, 2.75) is 32.2 Å². The Morgan fingerprint density at radius 1 is 1.42 bits per heavy atom. The topological polar surface area (TPSA) is 34.2 Å². The zero-order chi connectivity index (χ0) is 14.5. The fourth-order valence-corrected chi connectivity index (χ4v) is 1.43. The van der Waals surface area contributed by atoms with Gasteiger partial charge in [-0.1, -0.05) is 6.92 Å². The van der Waals surface area contributed by atoms with Gasteiger partial charge in [-0.05, 0) is 25.1 Å². The smallest absolute Gasteiger partial charge is 0.340 e. The molecule has 0 aliphatic heterocycles. The molecule has 0 bridgehead atoms. The van der Waals surface area contributed by atoms with Crippen LogP contribution in [-0.2, 0) is 0 Å². The van der Waals surface area contributed by atoms with E-state index in [-0.39, 0.29) is 11.9 Å². The van der Waals surface area contributed by atoms with Crippen LogP contribution in [0.25, 0.3) is 0 Å². The third kappa shape index (κ3) is 4.66. The van der Waals surface area contributed by atoms with Crippen molar-refractivity contribution in [3.05, 3.63) is 23.9 Å². The van der Waals surface area contributed by atoms with Crippen LogP contribution >= 0.6 is 0 Å². The highest BCUT2D eigenvalue weighted by Crippen LogP contribution is 2.24. The molecule has 0 spiro atoms. The largest absolute Gasteiger partial charge is 0.471 e. The molecular weight excluding hydrogens is 264 g/mol. The van der Waals surface area contributed by atoms with Gasteiger partial charge in [-0.3, -0.25) is 0 Å². The molecule has 0 aromatic carbocycles. The first-order valence-corrected chi connectivity index (χ1v) is 5.85. The molecular formula is C12H16F4N2O. The first-order chi connectivity index (χ1) is 8.86. The van der Waals surface area contributed by atoms with Crippen molar-refractivity contribution in [2.75, 3.05) is 13.2 Å². The minimum atomic E-state index is -4.18. The maximum absolute atomic E-state index is 12.7. The Balaban J connectivity index is 2.67. The average Bonchev–Trinajstić information content (AvgIpc) is 2.37. The normalized spacial score (nSPS) is 13.6. The van der Waals surface area contributed by atoms with Crippen LogP contribution in [0.3, 0.4) is 0 Å². The molecule has 0 saturated heterocycles. The molecule has 0 radical (unpaired) electrons. The van der Waals surface area contributed by atoms with Crippen LogP contribution in [0, 0.1) is 0 Å². The van der Waals surface area contributed by atoms with Crippen molar-refractivity contribution in [1.82, 2.24) is 10.3 Å². The quantitative estimate of drug-likeness (QED) is 0.780. The van der Waals surface area contributed by atoms with Crippen molar-refractivity contribution in [2.24, 2.45) is 0 Å². The lowest BCUT2D eigenvalue weighted by atomic mass is 10.1. The second-order valence-corrected chi connectivity index (χ2v) is 4.06. The van der Waals surface area contributed by atoms with Crippen LogP contribution in [0.15, 0.2) is 18.3 Å². The number of nitrogens with one attached hydrogen (secondary N) is 1. The SMILES string of the molecule is CCNC(C)c1ccnc(OCC(F)(F)C(F)F)c1. The predicted octanol–water partition coefficient (Wildman–Crippen LogP) is 3.03. The van der Waals surface area contributed by atoms with Crippen molar-refractivity contribution >= 4 is 0 Å². The lowest BCUT2D eigenvalue weighted by Gasteiger charge is -2.17. The van der Waals surface area contributed by atoms with Gasteiger partial charge < -0.3 is 10.1 Å². The summed E-state index contributed by atoms with van der Waals surface area (Å²) in [5.41, 5.74) is 0.784. The highest BCUT2D eigenvalue weighted by molar-refractivity contribution is 5.23. The molecule has 0 amide bonds. The molecule has 1 heterocycles. The molecule has 1 aromatic rings. The van der Waals surface area contributed by atoms with Crippen LogP contribution in [0.1, 0.15) is 25.5 Å². The molecule has 0 saturated carbocycles. The van der Waals surface area contributed by atoms with E-state index in [1.54, 1.807) is 6.07 Å². The van der Waals surface area contributed by atoms with Gasteiger partial charge in [-0.25, -0.2) is 13.8 Å². The predicted molar refractivity (Wildman–Crippen MR) is 62.8 cm³/mol. The Bertz CT molecular complexity index is 401. The van der Waals surface area contributed by atoms with E-state index in [4.69, 9.17) is 0 Å². The highest BCUT2D eigenvalue weighted by atomic mass is 19.3. The molecule has 1 rings (SSSR count). The summed E-state index contributed by atoms with van der Waals surface area (Å²) in [6.45, 7) is 3.16. The van der Waals surface area contributed by atoms with Crippen molar-refractivity contribution in [3.8, 4) is 5.88 Å². The summed E-state index contributed by atoms with van der Waals surface area (Å²) in [5.74, 6) is -4.27. The monoisotopic (exact) mass is 280 g/mol. The van der Waals surface area contributed by atoms with Gasteiger partial charge in [-0.2, -0.15) is 8.78 Å². The van der Waals surface area contributed by atoms with E-state index in [0.717, 1.165) is 12.1 Å². The molecule has 108 valence electrons. The number of hydrogen-bond acceptors (Lipinski definition) is 3. The van der Waals surface area contributed by atoms with E-state index in [0.29, 0.717) is 0 Å². The summed E-state index contributed by atoms with van der Waals surface area (Å²) in [4.78, 5) is 3.72. The van der Waals surface area contributed by atoms with Crippen molar-refractivity contribution in [3.63, 3.8) is 0 Å². The summed E-state index contributed by atoms with van der Waals surface area (Å²) >= 11 is 0. The molecule has 0 fully saturated rings. The second-order valence-electron chi connectivity index (χ2n) is 4.06. The fraction of sp³-hybridized carbons (Fsp3) is 0.583. The third-order valence-electron chi connectivity index (χ3n) is 2.50. The van der Waals surface area contributed by atoms with Gasteiger partial charge in [0.1, 0.15) is 0 Å².